The first-order chi connectivity index (χ1) is 5.71. The standard InChI is InChI=1S/C10H20GeN2/c1-9(2,3)12-7-8-13(11-12)10(4,5)6/h7-8H,1-6H3. The summed E-state index contributed by atoms with van der Waals surface area (Å²) in [5.74, 6) is 0. The minimum atomic E-state index is -0.153. The number of hydrogen-bond donors (Lipinski definition) is 0. The molecule has 3 heteroatoms. The van der Waals surface area contributed by atoms with Gasteiger partial charge in [0, 0.05) is 0 Å². The first-order valence-corrected chi connectivity index (χ1v) is 6.62. The number of rotatable bonds is 0. The molecule has 0 spiro atoms. The summed E-state index contributed by atoms with van der Waals surface area (Å²) in [7, 11) is 0. The zero-order valence-corrected chi connectivity index (χ0v) is 11.6. The first kappa shape index (κ1) is 11.0. The zero-order valence-electron chi connectivity index (χ0n) is 9.55. The van der Waals surface area contributed by atoms with Crippen molar-refractivity contribution < 1.29 is 0 Å². The first-order valence-electron chi connectivity index (χ1n) is 4.74. The van der Waals surface area contributed by atoms with E-state index >= 15 is 0 Å². The van der Waals surface area contributed by atoms with E-state index in [-0.39, 0.29) is 27.0 Å². The van der Waals surface area contributed by atoms with E-state index < -0.39 is 0 Å². The molecule has 0 N–H and O–H groups in total. The van der Waals surface area contributed by atoms with Crippen LogP contribution in [0.2, 0.25) is 0 Å². The fourth-order valence-corrected chi connectivity index (χ4v) is 3.37. The van der Waals surface area contributed by atoms with E-state index in [0.29, 0.717) is 0 Å². The fraction of sp³-hybridized carbons (Fsp3) is 0.800. The molecule has 1 heterocycles. The molecule has 0 aromatic heterocycles. The van der Waals surface area contributed by atoms with Crippen LogP contribution in [-0.4, -0.2) is 34.7 Å². The summed E-state index contributed by atoms with van der Waals surface area (Å²) >= 11 is -0.153. The Morgan fingerprint density at radius 3 is 1.23 bits per heavy atom. The Bertz CT molecular complexity index is 188. The predicted octanol–water partition coefficient (Wildman–Crippen LogP) is 2.21. The Hall–Kier alpha value is -0.117. The van der Waals surface area contributed by atoms with Gasteiger partial charge in [0.1, 0.15) is 0 Å². The molecule has 0 bridgehead atoms. The van der Waals surface area contributed by atoms with Crippen molar-refractivity contribution in [1.29, 1.82) is 0 Å². The minimum absolute atomic E-state index is 0.153. The van der Waals surface area contributed by atoms with Crippen molar-refractivity contribution in [1.82, 2.24) is 7.71 Å². The molecule has 1 rings (SSSR count). The third-order valence-electron chi connectivity index (χ3n) is 2.03. The molecule has 0 saturated heterocycles. The van der Waals surface area contributed by atoms with Crippen LogP contribution in [0.1, 0.15) is 41.5 Å². The Kier molecular flexibility index (Phi) is 2.72. The molecule has 0 atom stereocenters. The van der Waals surface area contributed by atoms with Gasteiger partial charge in [-0.05, 0) is 0 Å². The monoisotopic (exact) mass is 242 g/mol. The van der Waals surface area contributed by atoms with Gasteiger partial charge in [-0.25, -0.2) is 0 Å². The van der Waals surface area contributed by atoms with Crippen molar-refractivity contribution in [3.63, 3.8) is 0 Å². The number of hydrogen-bond acceptors (Lipinski definition) is 2. The van der Waals surface area contributed by atoms with Gasteiger partial charge in [0.2, 0.25) is 0 Å². The van der Waals surface area contributed by atoms with Gasteiger partial charge in [-0.1, -0.05) is 0 Å². The zero-order chi connectivity index (χ0) is 10.3. The second-order valence-electron chi connectivity index (χ2n) is 5.48. The average molecular weight is 241 g/mol. The molecule has 0 amide bonds. The van der Waals surface area contributed by atoms with Crippen LogP contribution in [0.25, 0.3) is 0 Å². The molecule has 1 aliphatic rings. The summed E-state index contributed by atoms with van der Waals surface area (Å²) in [5.41, 5.74) is 0.576. The van der Waals surface area contributed by atoms with Gasteiger partial charge in [0.25, 0.3) is 0 Å². The molecule has 1 aliphatic heterocycles. The van der Waals surface area contributed by atoms with E-state index in [1.807, 2.05) is 0 Å². The van der Waals surface area contributed by atoms with Crippen LogP contribution in [0.5, 0.6) is 0 Å². The van der Waals surface area contributed by atoms with Crippen LogP contribution >= 0.6 is 0 Å². The average Bonchev–Trinajstić information content (AvgIpc) is 2.28. The molecular formula is C10H20GeN2. The molecule has 2 radical (unpaired) electrons. The van der Waals surface area contributed by atoms with Crippen molar-refractivity contribution in [3.05, 3.63) is 12.4 Å². The molecule has 13 heavy (non-hydrogen) atoms. The van der Waals surface area contributed by atoms with Crippen molar-refractivity contribution in [3.8, 4) is 0 Å². The van der Waals surface area contributed by atoms with Crippen molar-refractivity contribution >= 4 is 15.9 Å². The van der Waals surface area contributed by atoms with Crippen LogP contribution in [0.15, 0.2) is 12.4 Å². The maximum absolute atomic E-state index is 2.48. The van der Waals surface area contributed by atoms with E-state index in [4.69, 9.17) is 0 Å². The van der Waals surface area contributed by atoms with Crippen LogP contribution in [0.3, 0.4) is 0 Å². The second-order valence-corrected chi connectivity index (χ2v) is 7.92. The van der Waals surface area contributed by atoms with Gasteiger partial charge in [0.15, 0.2) is 0 Å². The van der Waals surface area contributed by atoms with Gasteiger partial charge in [0.05, 0.1) is 0 Å². The predicted molar refractivity (Wildman–Crippen MR) is 58.1 cm³/mol. The van der Waals surface area contributed by atoms with Crippen molar-refractivity contribution in [2.75, 3.05) is 0 Å². The quantitative estimate of drug-likeness (QED) is 0.600. The van der Waals surface area contributed by atoms with E-state index in [1.54, 1.807) is 0 Å². The van der Waals surface area contributed by atoms with Crippen LogP contribution in [0.4, 0.5) is 0 Å². The van der Waals surface area contributed by atoms with Gasteiger partial charge in [-0.15, -0.1) is 0 Å². The van der Waals surface area contributed by atoms with E-state index in [1.165, 1.54) is 0 Å². The maximum atomic E-state index is 2.48. The summed E-state index contributed by atoms with van der Waals surface area (Å²) < 4.78 is 4.97. The summed E-state index contributed by atoms with van der Waals surface area (Å²) in [5, 5.41) is 0. The second kappa shape index (κ2) is 3.23. The van der Waals surface area contributed by atoms with Gasteiger partial charge >= 0.3 is 88.6 Å². The summed E-state index contributed by atoms with van der Waals surface area (Å²) in [6.07, 6.45) is 4.48. The summed E-state index contributed by atoms with van der Waals surface area (Å²) in [6.45, 7) is 13.6. The van der Waals surface area contributed by atoms with Crippen molar-refractivity contribution in [2.24, 2.45) is 0 Å². The topological polar surface area (TPSA) is 6.48 Å². The van der Waals surface area contributed by atoms with E-state index in [0.717, 1.165) is 0 Å². The normalized spacial score (nSPS) is 18.6. The Morgan fingerprint density at radius 2 is 1.08 bits per heavy atom. The van der Waals surface area contributed by atoms with E-state index in [9.17, 15) is 0 Å². The summed E-state index contributed by atoms with van der Waals surface area (Å²) in [6, 6.07) is 0. The van der Waals surface area contributed by atoms with Crippen LogP contribution < -0.4 is 0 Å². The molecule has 74 valence electrons. The molecular weight excluding hydrogens is 221 g/mol. The van der Waals surface area contributed by atoms with Crippen LogP contribution in [-0.2, 0) is 0 Å². The third kappa shape index (κ3) is 2.66. The summed E-state index contributed by atoms with van der Waals surface area (Å²) in [4.78, 5) is 0. The van der Waals surface area contributed by atoms with Crippen LogP contribution in [0, 0.1) is 0 Å². The van der Waals surface area contributed by atoms with E-state index in [2.05, 4.69) is 61.7 Å². The van der Waals surface area contributed by atoms with Crippen molar-refractivity contribution in [2.45, 2.75) is 52.6 Å². The fourth-order valence-electron chi connectivity index (χ4n) is 1.06. The molecule has 0 aliphatic carbocycles. The number of nitrogens with zero attached hydrogens (tertiary/aromatic N) is 2. The third-order valence-corrected chi connectivity index (χ3v) is 6.37. The van der Waals surface area contributed by atoms with Gasteiger partial charge in [-0.3, -0.25) is 0 Å². The van der Waals surface area contributed by atoms with Gasteiger partial charge in [-0.2, -0.15) is 0 Å². The van der Waals surface area contributed by atoms with Gasteiger partial charge < -0.3 is 0 Å². The molecule has 0 aromatic rings. The Morgan fingerprint density at radius 1 is 0.769 bits per heavy atom. The molecule has 0 saturated carbocycles. The Labute approximate surface area is 88.9 Å². The molecule has 2 nitrogen and oxygen atoms in total. The molecule has 0 aromatic carbocycles. The molecule has 0 fully saturated rings. The SMILES string of the molecule is CC(C)(C)[N]1C=C[N](C(C)(C)C)[Ge]1. The Balaban J connectivity index is 2.63. The molecule has 0 unspecified atom stereocenters.